The van der Waals surface area contributed by atoms with Gasteiger partial charge in [-0.15, -0.1) is 0 Å². The predicted molar refractivity (Wildman–Crippen MR) is 102 cm³/mol. The van der Waals surface area contributed by atoms with E-state index in [1.54, 1.807) is 14.0 Å². The van der Waals surface area contributed by atoms with Crippen LogP contribution < -0.4 is 19.5 Å². The van der Waals surface area contributed by atoms with Crippen LogP contribution in [0.1, 0.15) is 25.0 Å². The molecule has 0 aliphatic carbocycles. The van der Waals surface area contributed by atoms with Crippen LogP contribution in [0.3, 0.4) is 0 Å². The van der Waals surface area contributed by atoms with Crippen molar-refractivity contribution in [2.45, 2.75) is 39.8 Å². The van der Waals surface area contributed by atoms with Crippen molar-refractivity contribution in [3.8, 4) is 17.2 Å². The van der Waals surface area contributed by atoms with Crippen molar-refractivity contribution in [1.82, 2.24) is 5.32 Å². The maximum absolute atomic E-state index is 12.3. The van der Waals surface area contributed by atoms with E-state index in [0.29, 0.717) is 6.61 Å². The minimum absolute atomic E-state index is 0.144. The zero-order valence-electron chi connectivity index (χ0n) is 16.0. The van der Waals surface area contributed by atoms with Gasteiger partial charge in [0.2, 0.25) is 0 Å². The second-order valence-electron chi connectivity index (χ2n) is 6.43. The fraction of sp³-hybridized carbons (Fsp3) is 0.381. The first kappa shape index (κ1) is 19.6. The molecule has 0 saturated heterocycles. The van der Waals surface area contributed by atoms with Gasteiger partial charge in [0.15, 0.2) is 6.10 Å². The molecule has 0 saturated carbocycles. The zero-order valence-corrected chi connectivity index (χ0v) is 16.0. The Bertz CT molecular complexity index is 727. The van der Waals surface area contributed by atoms with E-state index in [-0.39, 0.29) is 11.9 Å². The predicted octanol–water partition coefficient (Wildman–Crippen LogP) is 3.66. The lowest BCUT2D eigenvalue weighted by atomic mass is 10.1. The molecule has 0 spiro atoms. The average molecular weight is 357 g/mol. The van der Waals surface area contributed by atoms with E-state index in [2.05, 4.69) is 5.32 Å². The first-order valence-electron chi connectivity index (χ1n) is 8.70. The highest BCUT2D eigenvalue weighted by Crippen LogP contribution is 2.20. The summed E-state index contributed by atoms with van der Waals surface area (Å²) in [5, 5.41) is 2.91. The molecule has 5 nitrogen and oxygen atoms in total. The average Bonchev–Trinajstić information content (AvgIpc) is 2.62. The molecule has 5 heteroatoms. The van der Waals surface area contributed by atoms with Crippen molar-refractivity contribution in [2.75, 3.05) is 13.7 Å². The molecular formula is C21H27NO4. The second kappa shape index (κ2) is 9.13. The number of rotatable bonds is 8. The summed E-state index contributed by atoms with van der Waals surface area (Å²) < 4.78 is 16.6. The van der Waals surface area contributed by atoms with E-state index in [0.717, 1.165) is 28.4 Å². The Hall–Kier alpha value is -2.69. The molecule has 0 bridgehead atoms. The number of amides is 1. The smallest absolute Gasteiger partial charge is 0.261 e. The number of hydrogen-bond donors (Lipinski definition) is 1. The van der Waals surface area contributed by atoms with Crippen LogP contribution in [-0.4, -0.2) is 31.8 Å². The van der Waals surface area contributed by atoms with Gasteiger partial charge in [0.05, 0.1) is 13.2 Å². The summed E-state index contributed by atoms with van der Waals surface area (Å²) in [6.07, 6.45) is -0.583. The van der Waals surface area contributed by atoms with Gasteiger partial charge in [-0.1, -0.05) is 17.7 Å². The van der Waals surface area contributed by atoms with Crippen molar-refractivity contribution in [1.29, 1.82) is 0 Å². The van der Waals surface area contributed by atoms with Crippen molar-refractivity contribution < 1.29 is 19.0 Å². The summed E-state index contributed by atoms with van der Waals surface area (Å²) in [5.74, 6) is 2.05. The molecule has 0 fully saturated rings. The number of ether oxygens (including phenoxy) is 3. The van der Waals surface area contributed by atoms with Crippen LogP contribution in [0, 0.1) is 13.8 Å². The number of carbonyl (C=O) groups is 1. The number of carbonyl (C=O) groups excluding carboxylic acids is 1. The second-order valence-corrected chi connectivity index (χ2v) is 6.43. The quantitative estimate of drug-likeness (QED) is 0.783. The third-order valence-electron chi connectivity index (χ3n) is 3.95. The Morgan fingerprint density at radius 1 is 1.04 bits per heavy atom. The van der Waals surface area contributed by atoms with Crippen LogP contribution in [0.2, 0.25) is 0 Å². The minimum atomic E-state index is -0.583. The molecule has 0 radical (unpaired) electrons. The van der Waals surface area contributed by atoms with Crippen LogP contribution in [0.15, 0.2) is 42.5 Å². The van der Waals surface area contributed by atoms with E-state index in [1.165, 1.54) is 0 Å². The highest BCUT2D eigenvalue weighted by atomic mass is 16.5. The van der Waals surface area contributed by atoms with Crippen molar-refractivity contribution in [2.24, 2.45) is 0 Å². The standard InChI is InChI=1S/C21H27NO4/c1-14-6-11-20(15(2)12-14)26-17(4)21(23)22-16(3)13-25-19-9-7-18(24-5)8-10-19/h6-12,16-17H,13H2,1-5H3,(H,22,23)/t16-,17+/m0/s1. The van der Waals surface area contributed by atoms with Gasteiger partial charge in [-0.2, -0.15) is 0 Å². The van der Waals surface area contributed by atoms with E-state index in [4.69, 9.17) is 14.2 Å². The molecule has 26 heavy (non-hydrogen) atoms. The van der Waals surface area contributed by atoms with Gasteiger partial charge in [0.1, 0.15) is 23.9 Å². The molecule has 1 amide bonds. The number of hydrogen-bond acceptors (Lipinski definition) is 4. The molecule has 2 rings (SSSR count). The summed E-state index contributed by atoms with van der Waals surface area (Å²) in [5.41, 5.74) is 2.18. The largest absolute Gasteiger partial charge is 0.497 e. The highest BCUT2D eigenvalue weighted by Gasteiger charge is 2.18. The first-order valence-corrected chi connectivity index (χ1v) is 8.70. The lowest BCUT2D eigenvalue weighted by Gasteiger charge is -2.20. The zero-order chi connectivity index (χ0) is 19.1. The van der Waals surface area contributed by atoms with Crippen LogP contribution in [0.4, 0.5) is 0 Å². The summed E-state index contributed by atoms with van der Waals surface area (Å²) in [4.78, 5) is 12.3. The van der Waals surface area contributed by atoms with Gasteiger partial charge in [0, 0.05) is 0 Å². The molecule has 0 aromatic heterocycles. The maximum atomic E-state index is 12.3. The molecule has 0 heterocycles. The van der Waals surface area contributed by atoms with Crippen LogP contribution in [-0.2, 0) is 4.79 Å². The summed E-state index contributed by atoms with van der Waals surface area (Å²) >= 11 is 0. The summed E-state index contributed by atoms with van der Waals surface area (Å²) in [6, 6.07) is 13.1. The number of nitrogens with one attached hydrogen (secondary N) is 1. The fourth-order valence-corrected chi connectivity index (χ4v) is 2.47. The van der Waals surface area contributed by atoms with Crippen molar-refractivity contribution in [3.63, 3.8) is 0 Å². The molecule has 140 valence electrons. The third-order valence-corrected chi connectivity index (χ3v) is 3.95. The Morgan fingerprint density at radius 3 is 2.31 bits per heavy atom. The Kier molecular flexibility index (Phi) is 6.89. The van der Waals surface area contributed by atoms with Gasteiger partial charge in [-0.25, -0.2) is 0 Å². The minimum Gasteiger partial charge on any atom is -0.497 e. The Labute approximate surface area is 155 Å². The highest BCUT2D eigenvalue weighted by molar-refractivity contribution is 5.81. The number of methoxy groups -OCH3 is 1. The normalized spacial score (nSPS) is 12.8. The molecular weight excluding hydrogens is 330 g/mol. The van der Waals surface area contributed by atoms with Gasteiger partial charge in [-0.3, -0.25) is 4.79 Å². The van der Waals surface area contributed by atoms with E-state index >= 15 is 0 Å². The van der Waals surface area contributed by atoms with Crippen LogP contribution >= 0.6 is 0 Å². The Morgan fingerprint density at radius 2 is 1.69 bits per heavy atom. The van der Waals surface area contributed by atoms with Gasteiger partial charge in [0.25, 0.3) is 5.91 Å². The maximum Gasteiger partial charge on any atom is 0.261 e. The molecule has 1 N–H and O–H groups in total. The molecule has 2 atom stereocenters. The summed E-state index contributed by atoms with van der Waals surface area (Å²) in [7, 11) is 1.62. The molecule has 0 aliphatic rings. The molecule has 2 aromatic rings. The Balaban J connectivity index is 1.81. The number of aryl methyl sites for hydroxylation is 2. The molecule has 0 unspecified atom stereocenters. The van der Waals surface area contributed by atoms with Gasteiger partial charge >= 0.3 is 0 Å². The van der Waals surface area contributed by atoms with Crippen molar-refractivity contribution in [3.05, 3.63) is 53.6 Å². The van der Waals surface area contributed by atoms with Gasteiger partial charge in [-0.05, 0) is 63.6 Å². The molecule has 0 aliphatic heterocycles. The van der Waals surface area contributed by atoms with E-state index < -0.39 is 6.10 Å². The third kappa shape index (κ3) is 5.69. The SMILES string of the molecule is COc1ccc(OC[C@H](C)NC(=O)[C@@H](C)Oc2ccc(C)cc2C)cc1. The summed E-state index contributed by atoms with van der Waals surface area (Å²) in [6.45, 7) is 8.00. The van der Waals surface area contributed by atoms with Crippen molar-refractivity contribution >= 4 is 5.91 Å². The number of benzene rings is 2. The van der Waals surface area contributed by atoms with Crippen LogP contribution in [0.5, 0.6) is 17.2 Å². The fourth-order valence-electron chi connectivity index (χ4n) is 2.47. The van der Waals surface area contributed by atoms with Crippen LogP contribution in [0.25, 0.3) is 0 Å². The van der Waals surface area contributed by atoms with Gasteiger partial charge < -0.3 is 19.5 Å². The lowest BCUT2D eigenvalue weighted by Crippen LogP contribution is -2.43. The monoisotopic (exact) mass is 357 g/mol. The lowest BCUT2D eigenvalue weighted by molar-refractivity contribution is -0.128. The van der Waals surface area contributed by atoms with E-state index in [9.17, 15) is 4.79 Å². The van der Waals surface area contributed by atoms with E-state index in [1.807, 2.05) is 63.2 Å². The molecule has 2 aromatic carbocycles. The first-order chi connectivity index (χ1) is 12.4. The topological polar surface area (TPSA) is 56.8 Å².